The van der Waals surface area contributed by atoms with E-state index in [2.05, 4.69) is 10.1 Å². The first-order valence-corrected chi connectivity index (χ1v) is 5.83. The van der Waals surface area contributed by atoms with Gasteiger partial charge in [0.1, 0.15) is 24.5 Å². The highest BCUT2D eigenvalue weighted by Gasteiger charge is 2.24. The van der Waals surface area contributed by atoms with Gasteiger partial charge in [0.25, 0.3) is 0 Å². The van der Waals surface area contributed by atoms with Crippen LogP contribution in [0.4, 0.5) is 0 Å². The second kappa shape index (κ2) is 4.77. The van der Waals surface area contributed by atoms with Crippen LogP contribution in [0.1, 0.15) is 5.89 Å². The van der Waals surface area contributed by atoms with Gasteiger partial charge in [-0.2, -0.15) is 4.98 Å². The average molecular weight is 263 g/mol. The lowest BCUT2D eigenvalue weighted by molar-refractivity contribution is 0.171. The number of nitrogens with two attached hydrogens (primary N) is 1. The summed E-state index contributed by atoms with van der Waals surface area (Å²) < 4.78 is 21.5. The summed E-state index contributed by atoms with van der Waals surface area (Å²) in [5, 5.41) is 3.89. The fourth-order valence-corrected chi connectivity index (χ4v) is 1.92. The van der Waals surface area contributed by atoms with Crippen molar-refractivity contribution in [1.82, 2.24) is 10.1 Å². The van der Waals surface area contributed by atoms with Gasteiger partial charge in [0, 0.05) is 0 Å². The van der Waals surface area contributed by atoms with Crippen molar-refractivity contribution in [2.45, 2.75) is 6.54 Å². The molecule has 0 saturated heterocycles. The Bertz CT molecular complexity index is 597. The van der Waals surface area contributed by atoms with E-state index in [4.69, 9.17) is 24.5 Å². The van der Waals surface area contributed by atoms with Gasteiger partial charge in [-0.3, -0.25) is 0 Å². The molecule has 2 aromatic rings. The molecule has 0 spiro atoms. The number of nitrogens with zero attached hydrogens (tertiary/aromatic N) is 2. The standard InChI is InChI=1S/C12H13N3O4/c1-16-7-2-3-8-11(18-5-4-17-8)10(7)12-14-9(6-13)19-15-12/h2-3H,4-6,13H2,1H3. The van der Waals surface area contributed by atoms with E-state index in [0.29, 0.717) is 47.7 Å². The van der Waals surface area contributed by atoms with Crippen molar-refractivity contribution in [2.75, 3.05) is 20.3 Å². The van der Waals surface area contributed by atoms with Crippen LogP contribution in [0.2, 0.25) is 0 Å². The van der Waals surface area contributed by atoms with Crippen LogP contribution in [0.5, 0.6) is 17.2 Å². The molecule has 19 heavy (non-hydrogen) atoms. The monoisotopic (exact) mass is 263 g/mol. The number of rotatable bonds is 3. The van der Waals surface area contributed by atoms with Crippen molar-refractivity contribution in [3.63, 3.8) is 0 Å². The van der Waals surface area contributed by atoms with Gasteiger partial charge in [-0.05, 0) is 12.1 Å². The van der Waals surface area contributed by atoms with Crippen molar-refractivity contribution >= 4 is 0 Å². The van der Waals surface area contributed by atoms with Crippen LogP contribution in [-0.2, 0) is 6.54 Å². The highest BCUT2D eigenvalue weighted by Crippen LogP contribution is 2.44. The van der Waals surface area contributed by atoms with Crippen LogP contribution in [-0.4, -0.2) is 30.5 Å². The molecular formula is C12H13N3O4. The molecule has 7 nitrogen and oxygen atoms in total. The number of methoxy groups -OCH3 is 1. The van der Waals surface area contributed by atoms with Gasteiger partial charge in [0.2, 0.25) is 11.7 Å². The summed E-state index contributed by atoms with van der Waals surface area (Å²) in [6, 6.07) is 3.57. The quantitative estimate of drug-likeness (QED) is 0.882. The van der Waals surface area contributed by atoms with Gasteiger partial charge in [0.15, 0.2) is 11.5 Å². The van der Waals surface area contributed by atoms with Crippen LogP contribution in [0.3, 0.4) is 0 Å². The zero-order valence-corrected chi connectivity index (χ0v) is 10.4. The van der Waals surface area contributed by atoms with E-state index in [1.54, 1.807) is 19.2 Å². The second-order valence-corrected chi connectivity index (χ2v) is 3.88. The van der Waals surface area contributed by atoms with Crippen molar-refractivity contribution in [2.24, 2.45) is 5.73 Å². The van der Waals surface area contributed by atoms with Crippen LogP contribution in [0.15, 0.2) is 16.7 Å². The van der Waals surface area contributed by atoms with E-state index in [1.807, 2.05) is 0 Å². The van der Waals surface area contributed by atoms with Gasteiger partial charge in [-0.15, -0.1) is 0 Å². The van der Waals surface area contributed by atoms with Crippen molar-refractivity contribution < 1.29 is 18.7 Å². The zero-order chi connectivity index (χ0) is 13.2. The number of hydrogen-bond donors (Lipinski definition) is 1. The number of ether oxygens (including phenoxy) is 3. The summed E-state index contributed by atoms with van der Waals surface area (Å²) in [5.41, 5.74) is 6.08. The smallest absolute Gasteiger partial charge is 0.240 e. The number of benzene rings is 1. The summed E-state index contributed by atoms with van der Waals surface area (Å²) in [6.07, 6.45) is 0. The Balaban J connectivity index is 2.16. The minimum absolute atomic E-state index is 0.182. The van der Waals surface area contributed by atoms with E-state index in [1.165, 1.54) is 0 Å². The predicted octanol–water partition coefficient (Wildman–Crippen LogP) is 0.975. The number of aromatic nitrogens is 2. The Labute approximate surface area is 109 Å². The second-order valence-electron chi connectivity index (χ2n) is 3.88. The molecule has 1 aromatic carbocycles. The highest BCUT2D eigenvalue weighted by atomic mass is 16.6. The van der Waals surface area contributed by atoms with E-state index in [-0.39, 0.29) is 6.54 Å². The number of hydrogen-bond acceptors (Lipinski definition) is 7. The lowest BCUT2D eigenvalue weighted by atomic mass is 10.1. The summed E-state index contributed by atoms with van der Waals surface area (Å²) >= 11 is 0. The molecule has 1 aliphatic rings. The third-order valence-electron chi connectivity index (χ3n) is 2.76. The van der Waals surface area contributed by atoms with Crippen LogP contribution in [0, 0.1) is 0 Å². The molecule has 0 fully saturated rings. The minimum Gasteiger partial charge on any atom is -0.496 e. The molecule has 0 unspecified atom stereocenters. The zero-order valence-electron chi connectivity index (χ0n) is 10.4. The maximum absolute atomic E-state index is 5.64. The lowest BCUT2D eigenvalue weighted by Crippen LogP contribution is -2.16. The summed E-state index contributed by atoms with van der Waals surface area (Å²) in [5.74, 6) is 2.52. The maximum Gasteiger partial charge on any atom is 0.240 e. The third-order valence-corrected chi connectivity index (χ3v) is 2.76. The normalized spacial score (nSPS) is 13.4. The molecule has 100 valence electrons. The molecular weight excluding hydrogens is 250 g/mol. The molecule has 2 heterocycles. The highest BCUT2D eigenvalue weighted by molar-refractivity contribution is 5.75. The van der Waals surface area contributed by atoms with Crippen LogP contribution in [0.25, 0.3) is 11.4 Å². The Morgan fingerprint density at radius 1 is 1.32 bits per heavy atom. The largest absolute Gasteiger partial charge is 0.496 e. The van der Waals surface area contributed by atoms with E-state index >= 15 is 0 Å². The first-order chi connectivity index (χ1) is 9.33. The molecule has 0 radical (unpaired) electrons. The first kappa shape index (κ1) is 11.8. The minimum atomic E-state index is 0.182. The van der Waals surface area contributed by atoms with Crippen molar-refractivity contribution in [3.05, 3.63) is 18.0 Å². The lowest BCUT2D eigenvalue weighted by Gasteiger charge is -2.21. The van der Waals surface area contributed by atoms with E-state index < -0.39 is 0 Å². The molecule has 0 amide bonds. The van der Waals surface area contributed by atoms with Gasteiger partial charge in [0.05, 0.1) is 13.7 Å². The van der Waals surface area contributed by atoms with Crippen LogP contribution >= 0.6 is 0 Å². The molecule has 1 aliphatic heterocycles. The van der Waals surface area contributed by atoms with E-state index in [9.17, 15) is 0 Å². The maximum atomic E-state index is 5.64. The summed E-state index contributed by atoms with van der Waals surface area (Å²) in [6.45, 7) is 1.16. The number of fused-ring (bicyclic) bond motifs is 1. The Morgan fingerprint density at radius 3 is 2.89 bits per heavy atom. The molecule has 2 N–H and O–H groups in total. The average Bonchev–Trinajstić information content (AvgIpc) is 2.94. The topological polar surface area (TPSA) is 92.6 Å². The van der Waals surface area contributed by atoms with Gasteiger partial charge >= 0.3 is 0 Å². The van der Waals surface area contributed by atoms with Crippen molar-refractivity contribution in [3.8, 4) is 28.6 Å². The molecule has 0 saturated carbocycles. The van der Waals surface area contributed by atoms with Gasteiger partial charge in [-0.1, -0.05) is 5.16 Å². The fraction of sp³-hybridized carbons (Fsp3) is 0.333. The molecule has 0 bridgehead atoms. The molecule has 0 atom stereocenters. The molecule has 7 heteroatoms. The summed E-state index contributed by atoms with van der Waals surface area (Å²) in [4.78, 5) is 4.20. The van der Waals surface area contributed by atoms with Crippen LogP contribution < -0.4 is 19.9 Å². The van der Waals surface area contributed by atoms with Crippen molar-refractivity contribution in [1.29, 1.82) is 0 Å². The Kier molecular flexibility index (Phi) is 2.96. The predicted molar refractivity (Wildman–Crippen MR) is 65.2 cm³/mol. The van der Waals surface area contributed by atoms with E-state index in [0.717, 1.165) is 0 Å². The fourth-order valence-electron chi connectivity index (χ4n) is 1.92. The first-order valence-electron chi connectivity index (χ1n) is 5.83. The van der Waals surface area contributed by atoms with Gasteiger partial charge in [-0.25, -0.2) is 0 Å². The Hall–Kier alpha value is -2.28. The molecule has 1 aromatic heterocycles. The Morgan fingerprint density at radius 2 is 2.16 bits per heavy atom. The molecule has 3 rings (SSSR count). The SMILES string of the molecule is COc1ccc2c(c1-c1noc(CN)n1)OCCO2. The third kappa shape index (κ3) is 1.97. The summed E-state index contributed by atoms with van der Waals surface area (Å²) in [7, 11) is 1.57. The molecule has 0 aliphatic carbocycles. The van der Waals surface area contributed by atoms with Gasteiger partial charge < -0.3 is 24.5 Å².